The number of amides is 1. The Balaban J connectivity index is 4.53. The molecular weight excluding hydrogens is 252 g/mol. The molecule has 0 aromatic carbocycles. The Morgan fingerprint density at radius 3 is 2.32 bits per heavy atom. The van der Waals surface area contributed by atoms with Crippen LogP contribution in [0.2, 0.25) is 0 Å². The lowest BCUT2D eigenvalue weighted by atomic mass is 9.90. The van der Waals surface area contributed by atoms with Gasteiger partial charge in [0.1, 0.15) is 0 Å². The fourth-order valence-corrected chi connectivity index (χ4v) is 1.95. The van der Waals surface area contributed by atoms with Gasteiger partial charge in [0.15, 0.2) is 0 Å². The Morgan fingerprint density at radius 2 is 1.95 bits per heavy atom. The first-order chi connectivity index (χ1) is 8.94. The van der Waals surface area contributed by atoms with Gasteiger partial charge in [0.2, 0.25) is 12.5 Å². The molecule has 2 atom stereocenters. The lowest BCUT2D eigenvalue weighted by Crippen LogP contribution is -2.33. The van der Waals surface area contributed by atoms with Crippen molar-refractivity contribution in [2.75, 3.05) is 19.8 Å². The second-order valence-corrected chi connectivity index (χ2v) is 4.66. The smallest absolute Gasteiger partial charge is 0.217 e. The fraction of sp³-hybridized carbons (Fsp3) is 0.917. The molecule has 19 heavy (non-hydrogen) atoms. The predicted molar refractivity (Wildman–Crippen MR) is 70.1 cm³/mol. The van der Waals surface area contributed by atoms with E-state index in [4.69, 9.17) is 10.5 Å². The van der Waals surface area contributed by atoms with Crippen molar-refractivity contribution >= 4 is 5.91 Å². The first-order valence-electron chi connectivity index (χ1n) is 6.57. The van der Waals surface area contributed by atoms with Crippen molar-refractivity contribution in [3.05, 3.63) is 10.1 Å². The maximum atomic E-state index is 10.9. The van der Waals surface area contributed by atoms with E-state index in [9.17, 15) is 20.0 Å². The zero-order valence-corrected chi connectivity index (χ0v) is 11.6. The summed E-state index contributed by atoms with van der Waals surface area (Å²) >= 11 is 0. The van der Waals surface area contributed by atoms with Crippen molar-refractivity contribution in [3.8, 4) is 0 Å². The van der Waals surface area contributed by atoms with Crippen LogP contribution in [0.1, 0.15) is 33.1 Å². The van der Waals surface area contributed by atoms with Crippen molar-refractivity contribution in [1.82, 2.24) is 0 Å². The number of ether oxygens (including phenoxy) is 1. The predicted octanol–water partition coefficient (Wildman–Crippen LogP) is 0.568. The lowest BCUT2D eigenvalue weighted by molar-refractivity contribution is -0.490. The monoisotopic (exact) mass is 276 g/mol. The standard InChI is InChI=1S/C12H24N2O5/c1-3-11(4-2)19-8-10(7-15)9(5-12(13)16)6-14(17)18/h9-11,15H,3-8H2,1-2H3,(H2,13,16)/t9-,10+/m0/s1. The quantitative estimate of drug-likeness (QED) is 0.422. The van der Waals surface area contributed by atoms with Crippen LogP contribution in [0.4, 0.5) is 0 Å². The number of rotatable bonds is 11. The number of nitrogens with two attached hydrogens (primary N) is 1. The summed E-state index contributed by atoms with van der Waals surface area (Å²) in [4.78, 5) is 21.0. The highest BCUT2D eigenvalue weighted by Gasteiger charge is 2.28. The molecule has 7 nitrogen and oxygen atoms in total. The molecule has 0 aliphatic carbocycles. The third-order valence-corrected chi connectivity index (χ3v) is 3.20. The van der Waals surface area contributed by atoms with Crippen molar-refractivity contribution in [1.29, 1.82) is 0 Å². The average Bonchev–Trinajstić information content (AvgIpc) is 2.33. The van der Waals surface area contributed by atoms with Gasteiger partial charge in [-0.1, -0.05) is 13.8 Å². The highest BCUT2D eigenvalue weighted by atomic mass is 16.6. The molecule has 1 amide bonds. The van der Waals surface area contributed by atoms with Crippen LogP contribution in [-0.4, -0.2) is 41.8 Å². The topological polar surface area (TPSA) is 116 Å². The number of nitro groups is 1. The second-order valence-electron chi connectivity index (χ2n) is 4.66. The minimum atomic E-state index is -0.604. The first-order valence-corrected chi connectivity index (χ1v) is 6.57. The van der Waals surface area contributed by atoms with E-state index >= 15 is 0 Å². The third kappa shape index (κ3) is 7.74. The number of carbonyl (C=O) groups excluding carboxylic acids is 1. The maximum absolute atomic E-state index is 10.9. The van der Waals surface area contributed by atoms with E-state index < -0.39 is 22.7 Å². The lowest BCUT2D eigenvalue weighted by Gasteiger charge is -2.24. The van der Waals surface area contributed by atoms with Gasteiger partial charge in [0, 0.05) is 29.8 Å². The molecule has 0 rings (SSSR count). The van der Waals surface area contributed by atoms with Gasteiger partial charge in [0.25, 0.3) is 0 Å². The minimum absolute atomic E-state index is 0.0684. The van der Waals surface area contributed by atoms with Crippen molar-refractivity contribution in [3.63, 3.8) is 0 Å². The van der Waals surface area contributed by atoms with Gasteiger partial charge in [-0.15, -0.1) is 0 Å². The molecule has 0 heterocycles. The molecule has 0 aromatic rings. The Hall–Kier alpha value is -1.21. The van der Waals surface area contributed by atoms with Gasteiger partial charge in [-0.05, 0) is 12.8 Å². The summed E-state index contributed by atoms with van der Waals surface area (Å²) < 4.78 is 5.60. The second kappa shape index (κ2) is 9.69. The molecule has 0 unspecified atom stereocenters. The fourth-order valence-electron chi connectivity index (χ4n) is 1.95. The molecule has 112 valence electrons. The van der Waals surface area contributed by atoms with Crippen LogP contribution in [0.15, 0.2) is 0 Å². The van der Waals surface area contributed by atoms with Gasteiger partial charge >= 0.3 is 0 Å². The zero-order valence-electron chi connectivity index (χ0n) is 11.6. The normalized spacial score (nSPS) is 14.3. The van der Waals surface area contributed by atoms with E-state index in [2.05, 4.69) is 0 Å². The molecule has 0 aliphatic heterocycles. The number of hydrogen-bond donors (Lipinski definition) is 2. The van der Waals surface area contributed by atoms with Crippen LogP contribution in [0.5, 0.6) is 0 Å². The van der Waals surface area contributed by atoms with Gasteiger partial charge in [-0.25, -0.2) is 0 Å². The minimum Gasteiger partial charge on any atom is -0.396 e. The summed E-state index contributed by atoms with van der Waals surface area (Å²) in [5.74, 6) is -1.64. The van der Waals surface area contributed by atoms with Gasteiger partial charge < -0.3 is 15.6 Å². The van der Waals surface area contributed by atoms with Crippen LogP contribution in [0, 0.1) is 22.0 Å². The molecule has 0 fully saturated rings. The Labute approximate surface area is 113 Å². The SMILES string of the molecule is CCC(CC)OC[C@@H](CO)[C@@H](CC(N)=O)C[N+](=O)[O-]. The summed E-state index contributed by atoms with van der Waals surface area (Å²) in [5.41, 5.74) is 5.09. The number of nitrogens with zero attached hydrogens (tertiary/aromatic N) is 1. The van der Waals surface area contributed by atoms with Gasteiger partial charge in [0.05, 0.1) is 12.7 Å². The number of hydrogen-bond acceptors (Lipinski definition) is 5. The molecule has 0 spiro atoms. The summed E-state index contributed by atoms with van der Waals surface area (Å²) in [6, 6.07) is 0. The third-order valence-electron chi connectivity index (χ3n) is 3.20. The summed E-state index contributed by atoms with van der Waals surface area (Å²) in [7, 11) is 0. The molecule has 0 saturated heterocycles. The molecule has 7 heteroatoms. The van der Waals surface area contributed by atoms with Crippen LogP contribution in [0.25, 0.3) is 0 Å². The Kier molecular flexibility index (Phi) is 9.07. The molecular formula is C12H24N2O5. The van der Waals surface area contributed by atoms with E-state index in [-0.39, 0.29) is 32.3 Å². The van der Waals surface area contributed by atoms with Gasteiger partial charge in [-0.3, -0.25) is 14.9 Å². The van der Waals surface area contributed by atoms with Gasteiger partial charge in [-0.2, -0.15) is 0 Å². The Bertz CT molecular complexity index is 265. The van der Waals surface area contributed by atoms with Crippen molar-refractivity contribution < 1.29 is 19.6 Å². The van der Waals surface area contributed by atoms with E-state index in [1.807, 2.05) is 13.8 Å². The Morgan fingerprint density at radius 1 is 1.37 bits per heavy atom. The van der Waals surface area contributed by atoms with Crippen molar-refractivity contribution in [2.45, 2.75) is 39.2 Å². The highest BCUT2D eigenvalue weighted by molar-refractivity contribution is 5.74. The molecule has 3 N–H and O–H groups in total. The summed E-state index contributed by atoms with van der Waals surface area (Å²) in [6.07, 6.45) is 1.63. The number of aliphatic hydroxyl groups excluding tert-OH is 1. The zero-order chi connectivity index (χ0) is 14.8. The highest BCUT2D eigenvalue weighted by Crippen LogP contribution is 2.18. The van der Waals surface area contributed by atoms with Crippen LogP contribution in [-0.2, 0) is 9.53 Å². The van der Waals surface area contributed by atoms with E-state index in [1.165, 1.54) is 0 Å². The average molecular weight is 276 g/mol. The van der Waals surface area contributed by atoms with Crippen LogP contribution >= 0.6 is 0 Å². The maximum Gasteiger partial charge on any atom is 0.217 e. The number of carbonyl (C=O) groups is 1. The van der Waals surface area contributed by atoms with E-state index in [0.29, 0.717) is 0 Å². The molecule has 0 aliphatic rings. The molecule has 0 bridgehead atoms. The summed E-state index contributed by atoms with van der Waals surface area (Å²) in [5, 5.41) is 19.9. The molecule has 0 radical (unpaired) electrons. The van der Waals surface area contributed by atoms with Crippen LogP contribution in [0.3, 0.4) is 0 Å². The summed E-state index contributed by atoms with van der Waals surface area (Å²) in [6.45, 7) is 3.53. The van der Waals surface area contributed by atoms with Crippen LogP contribution < -0.4 is 5.73 Å². The van der Waals surface area contributed by atoms with Crippen molar-refractivity contribution in [2.24, 2.45) is 17.6 Å². The largest absolute Gasteiger partial charge is 0.396 e. The number of primary amides is 1. The molecule has 0 saturated carbocycles. The first kappa shape index (κ1) is 17.8. The van der Waals surface area contributed by atoms with E-state index in [0.717, 1.165) is 12.8 Å². The molecule has 0 aromatic heterocycles. The number of aliphatic hydroxyl groups is 1. The van der Waals surface area contributed by atoms with E-state index in [1.54, 1.807) is 0 Å².